The molecule has 0 atom stereocenters. The van der Waals surface area contributed by atoms with E-state index in [-0.39, 0.29) is 0 Å². The van der Waals surface area contributed by atoms with Gasteiger partial charge in [-0.1, -0.05) is 5.92 Å². The second kappa shape index (κ2) is 5.70. The summed E-state index contributed by atoms with van der Waals surface area (Å²) in [5.74, 6) is 3.59. The predicted octanol–water partition coefficient (Wildman–Crippen LogP) is 1.65. The van der Waals surface area contributed by atoms with E-state index in [9.17, 15) is 0 Å². The quantitative estimate of drug-likeness (QED) is 0.752. The molecule has 0 unspecified atom stereocenters. The molecule has 0 aromatic carbocycles. The van der Waals surface area contributed by atoms with E-state index in [4.69, 9.17) is 6.42 Å². The second-order valence-electron chi connectivity index (χ2n) is 4.56. The number of aromatic nitrogens is 1. The summed E-state index contributed by atoms with van der Waals surface area (Å²) in [6.07, 6.45) is 11.9. The smallest absolute Gasteiger partial charge is 0.0791 e. The fraction of sp³-hybridized carbons (Fsp3) is 0.500. The van der Waals surface area contributed by atoms with Crippen molar-refractivity contribution in [2.45, 2.75) is 19.4 Å². The molecule has 2 rings (SSSR count). The first-order chi connectivity index (χ1) is 8.35. The van der Waals surface area contributed by atoms with Crippen molar-refractivity contribution in [2.75, 3.05) is 25.0 Å². The maximum Gasteiger partial charge on any atom is 0.0791 e. The van der Waals surface area contributed by atoms with Crippen LogP contribution in [0.1, 0.15) is 18.4 Å². The van der Waals surface area contributed by atoms with Gasteiger partial charge < -0.3 is 10.2 Å². The van der Waals surface area contributed by atoms with Gasteiger partial charge in [-0.25, -0.2) is 0 Å². The van der Waals surface area contributed by atoms with Crippen molar-refractivity contribution in [3.8, 4) is 12.3 Å². The molecule has 1 fully saturated rings. The van der Waals surface area contributed by atoms with Crippen LogP contribution < -0.4 is 10.2 Å². The highest BCUT2D eigenvalue weighted by Crippen LogP contribution is 2.32. The molecule has 90 valence electrons. The van der Waals surface area contributed by atoms with E-state index in [0.29, 0.717) is 6.54 Å². The molecule has 1 aliphatic carbocycles. The highest BCUT2D eigenvalue weighted by molar-refractivity contribution is 5.53. The third-order valence-corrected chi connectivity index (χ3v) is 3.04. The number of pyridine rings is 1. The molecule has 1 saturated carbocycles. The monoisotopic (exact) mass is 229 g/mol. The van der Waals surface area contributed by atoms with E-state index in [1.165, 1.54) is 24.1 Å². The number of nitrogens with zero attached hydrogens (tertiary/aromatic N) is 2. The zero-order valence-corrected chi connectivity index (χ0v) is 10.3. The highest BCUT2D eigenvalue weighted by atomic mass is 15.1. The van der Waals surface area contributed by atoms with Crippen molar-refractivity contribution < 1.29 is 0 Å². The summed E-state index contributed by atoms with van der Waals surface area (Å²) in [5, 5.41) is 3.17. The summed E-state index contributed by atoms with van der Waals surface area (Å²) in [6.45, 7) is 2.58. The minimum Gasteiger partial charge on any atom is -0.360 e. The van der Waals surface area contributed by atoms with Crippen molar-refractivity contribution in [3.63, 3.8) is 0 Å². The molecule has 0 spiro atoms. The van der Waals surface area contributed by atoms with Crippen molar-refractivity contribution in [1.82, 2.24) is 10.3 Å². The minimum atomic E-state index is 0.678. The summed E-state index contributed by atoms with van der Waals surface area (Å²) in [6, 6.07) is 2.06. The van der Waals surface area contributed by atoms with Gasteiger partial charge in [-0.3, -0.25) is 4.98 Å². The van der Waals surface area contributed by atoms with Gasteiger partial charge in [-0.05, 0) is 31.9 Å². The largest absolute Gasteiger partial charge is 0.360 e. The van der Waals surface area contributed by atoms with Crippen molar-refractivity contribution in [2.24, 2.45) is 5.92 Å². The van der Waals surface area contributed by atoms with E-state index in [0.717, 1.165) is 19.0 Å². The highest BCUT2D eigenvalue weighted by Gasteiger charge is 2.24. The fourth-order valence-electron chi connectivity index (χ4n) is 2.03. The van der Waals surface area contributed by atoms with Gasteiger partial charge in [0, 0.05) is 36.7 Å². The maximum atomic E-state index is 5.46. The van der Waals surface area contributed by atoms with Gasteiger partial charge in [0.15, 0.2) is 0 Å². The number of nitrogens with one attached hydrogen (secondary N) is 1. The van der Waals surface area contributed by atoms with E-state index in [1.807, 2.05) is 19.4 Å². The molecule has 0 saturated heterocycles. The normalized spacial score (nSPS) is 14.4. The van der Waals surface area contributed by atoms with E-state index in [2.05, 4.69) is 27.2 Å². The van der Waals surface area contributed by atoms with Crippen LogP contribution in [-0.2, 0) is 6.54 Å². The Morgan fingerprint density at radius 3 is 3.06 bits per heavy atom. The van der Waals surface area contributed by atoms with Gasteiger partial charge in [-0.15, -0.1) is 6.42 Å². The van der Waals surface area contributed by atoms with Crippen molar-refractivity contribution in [1.29, 1.82) is 0 Å². The van der Waals surface area contributed by atoms with Crippen LogP contribution in [-0.4, -0.2) is 25.1 Å². The molecule has 0 bridgehead atoms. The Labute approximate surface area is 103 Å². The Hall–Kier alpha value is -1.53. The van der Waals surface area contributed by atoms with Crippen LogP contribution in [0.25, 0.3) is 0 Å². The Bertz CT molecular complexity index is 404. The molecule has 3 nitrogen and oxygen atoms in total. The molecule has 0 radical (unpaired) electrons. The van der Waals surface area contributed by atoms with Gasteiger partial charge in [0.05, 0.1) is 6.54 Å². The third-order valence-electron chi connectivity index (χ3n) is 3.04. The Balaban J connectivity index is 2.17. The summed E-state index contributed by atoms with van der Waals surface area (Å²) >= 11 is 0. The maximum absolute atomic E-state index is 5.46. The molecule has 1 aromatic rings. The molecule has 0 amide bonds. The lowest BCUT2D eigenvalue weighted by molar-refractivity contribution is 0.747. The molecule has 1 N–H and O–H groups in total. The first kappa shape index (κ1) is 11.9. The van der Waals surface area contributed by atoms with Crippen LogP contribution in [0.15, 0.2) is 18.5 Å². The number of rotatable bonds is 6. The van der Waals surface area contributed by atoms with Crippen molar-refractivity contribution >= 4 is 5.69 Å². The third kappa shape index (κ3) is 3.21. The molecule has 1 aliphatic rings. The zero-order valence-electron chi connectivity index (χ0n) is 10.3. The molecule has 17 heavy (non-hydrogen) atoms. The average Bonchev–Trinajstić information content (AvgIpc) is 3.14. The van der Waals surface area contributed by atoms with Crippen LogP contribution >= 0.6 is 0 Å². The first-order valence-electron chi connectivity index (χ1n) is 6.11. The number of hydrogen-bond acceptors (Lipinski definition) is 3. The molecule has 1 heterocycles. The summed E-state index contributed by atoms with van der Waals surface area (Å²) in [7, 11) is 1.95. The number of hydrogen-bond donors (Lipinski definition) is 1. The fourth-order valence-corrected chi connectivity index (χ4v) is 2.03. The van der Waals surface area contributed by atoms with Crippen LogP contribution in [0.5, 0.6) is 0 Å². The molecule has 0 aliphatic heterocycles. The van der Waals surface area contributed by atoms with Crippen LogP contribution in [0.4, 0.5) is 5.69 Å². The van der Waals surface area contributed by atoms with E-state index in [1.54, 1.807) is 0 Å². The minimum absolute atomic E-state index is 0.678. The van der Waals surface area contributed by atoms with Gasteiger partial charge >= 0.3 is 0 Å². The topological polar surface area (TPSA) is 28.2 Å². The number of anilines is 1. The van der Waals surface area contributed by atoms with Crippen LogP contribution in [0.2, 0.25) is 0 Å². The summed E-state index contributed by atoms with van der Waals surface area (Å²) in [5.41, 5.74) is 2.44. The molecular formula is C14H19N3. The second-order valence-corrected chi connectivity index (χ2v) is 4.56. The lowest BCUT2D eigenvalue weighted by Crippen LogP contribution is -2.27. The van der Waals surface area contributed by atoms with Gasteiger partial charge in [-0.2, -0.15) is 0 Å². The molecule has 3 heteroatoms. The predicted molar refractivity (Wildman–Crippen MR) is 70.8 cm³/mol. The number of terminal acetylenes is 1. The first-order valence-corrected chi connectivity index (χ1v) is 6.11. The van der Waals surface area contributed by atoms with Crippen LogP contribution in [0, 0.1) is 18.3 Å². The SMILES string of the molecule is C#CCN(CC1CC1)c1ccncc1CNC. The van der Waals surface area contributed by atoms with Gasteiger partial charge in [0.25, 0.3) is 0 Å². The lowest BCUT2D eigenvalue weighted by atomic mass is 10.2. The Morgan fingerprint density at radius 1 is 1.59 bits per heavy atom. The molecular weight excluding hydrogens is 210 g/mol. The Morgan fingerprint density at radius 2 is 2.41 bits per heavy atom. The summed E-state index contributed by atoms with van der Waals surface area (Å²) < 4.78 is 0. The lowest BCUT2D eigenvalue weighted by Gasteiger charge is -2.24. The standard InChI is InChI=1S/C14H19N3/c1-3-8-17(11-12-4-5-12)14-6-7-16-10-13(14)9-15-2/h1,6-7,10,12,15H,4-5,8-9,11H2,2H3. The average molecular weight is 229 g/mol. The van der Waals surface area contributed by atoms with Crippen LogP contribution in [0.3, 0.4) is 0 Å². The van der Waals surface area contributed by atoms with Crippen molar-refractivity contribution in [3.05, 3.63) is 24.0 Å². The summed E-state index contributed by atoms with van der Waals surface area (Å²) in [4.78, 5) is 6.48. The van der Waals surface area contributed by atoms with Gasteiger partial charge in [0.1, 0.15) is 0 Å². The van der Waals surface area contributed by atoms with Gasteiger partial charge in [0.2, 0.25) is 0 Å². The zero-order chi connectivity index (χ0) is 12.1. The van der Waals surface area contributed by atoms with E-state index < -0.39 is 0 Å². The molecule has 1 aromatic heterocycles. The van der Waals surface area contributed by atoms with E-state index >= 15 is 0 Å². The Kier molecular flexibility index (Phi) is 4.00.